The summed E-state index contributed by atoms with van der Waals surface area (Å²) < 4.78 is 0. The van der Waals surface area contributed by atoms with E-state index in [1.165, 1.54) is 0 Å². The van der Waals surface area contributed by atoms with E-state index in [0.717, 1.165) is 19.3 Å². The van der Waals surface area contributed by atoms with Crippen molar-refractivity contribution in [3.8, 4) is 0 Å². The van der Waals surface area contributed by atoms with Gasteiger partial charge in [-0.05, 0) is 39.5 Å². The molecule has 0 saturated heterocycles. The average Bonchev–Trinajstić information content (AvgIpc) is 1.84. The third-order valence-corrected chi connectivity index (χ3v) is 2.27. The van der Waals surface area contributed by atoms with Crippen LogP contribution in [0.2, 0.25) is 0 Å². The van der Waals surface area contributed by atoms with Gasteiger partial charge in [0, 0.05) is 0 Å². The molecular formula is C10H22O2. The third-order valence-electron chi connectivity index (χ3n) is 2.27. The van der Waals surface area contributed by atoms with E-state index in [9.17, 15) is 10.2 Å². The van der Waals surface area contributed by atoms with Crippen LogP contribution in [0.3, 0.4) is 0 Å². The quantitative estimate of drug-likeness (QED) is 0.668. The van der Waals surface area contributed by atoms with E-state index in [0.29, 0.717) is 5.92 Å². The molecule has 0 rings (SSSR count). The number of hydrogen-bond acceptors (Lipinski definition) is 2. The Morgan fingerprint density at radius 1 is 1.25 bits per heavy atom. The molecule has 0 aromatic rings. The standard InChI is InChI=1S/C10H22O2/c1-8(9(2)11)6-5-7-10(3,4)12/h8-9,11-12H,5-7H2,1-4H3. The highest BCUT2D eigenvalue weighted by Crippen LogP contribution is 2.17. The first-order chi connectivity index (χ1) is 5.33. The van der Waals surface area contributed by atoms with Crippen molar-refractivity contribution in [3.63, 3.8) is 0 Å². The molecule has 0 saturated carbocycles. The van der Waals surface area contributed by atoms with Crippen molar-refractivity contribution in [1.82, 2.24) is 0 Å². The first kappa shape index (κ1) is 11.9. The van der Waals surface area contributed by atoms with Crippen LogP contribution in [0, 0.1) is 5.92 Å². The fourth-order valence-electron chi connectivity index (χ4n) is 1.10. The van der Waals surface area contributed by atoms with Gasteiger partial charge < -0.3 is 10.2 Å². The van der Waals surface area contributed by atoms with Crippen molar-refractivity contribution in [1.29, 1.82) is 0 Å². The summed E-state index contributed by atoms with van der Waals surface area (Å²) in [5.74, 6) is 0.340. The molecular weight excluding hydrogens is 152 g/mol. The zero-order chi connectivity index (χ0) is 9.78. The Morgan fingerprint density at radius 2 is 1.75 bits per heavy atom. The first-order valence-electron chi connectivity index (χ1n) is 4.73. The Labute approximate surface area is 75.6 Å². The first-order valence-corrected chi connectivity index (χ1v) is 4.73. The van der Waals surface area contributed by atoms with Crippen LogP contribution in [0.4, 0.5) is 0 Å². The third kappa shape index (κ3) is 6.62. The number of hydrogen-bond donors (Lipinski definition) is 2. The normalized spacial score (nSPS) is 17.5. The monoisotopic (exact) mass is 174 g/mol. The second kappa shape index (κ2) is 4.83. The smallest absolute Gasteiger partial charge is 0.0591 e. The molecule has 0 heterocycles. The van der Waals surface area contributed by atoms with Crippen LogP contribution in [0.25, 0.3) is 0 Å². The molecule has 0 radical (unpaired) electrons. The summed E-state index contributed by atoms with van der Waals surface area (Å²) in [7, 11) is 0. The van der Waals surface area contributed by atoms with Crippen molar-refractivity contribution in [2.24, 2.45) is 5.92 Å². The molecule has 12 heavy (non-hydrogen) atoms. The van der Waals surface area contributed by atoms with Gasteiger partial charge in [-0.15, -0.1) is 0 Å². The summed E-state index contributed by atoms with van der Waals surface area (Å²) in [4.78, 5) is 0. The topological polar surface area (TPSA) is 40.5 Å². The number of aliphatic hydroxyl groups is 2. The molecule has 74 valence electrons. The van der Waals surface area contributed by atoms with Gasteiger partial charge in [0.15, 0.2) is 0 Å². The predicted octanol–water partition coefficient (Wildman–Crippen LogP) is 1.94. The molecule has 0 aromatic carbocycles. The van der Waals surface area contributed by atoms with E-state index in [2.05, 4.69) is 0 Å². The lowest BCUT2D eigenvalue weighted by molar-refractivity contribution is 0.0622. The second-order valence-corrected chi connectivity index (χ2v) is 4.42. The highest BCUT2D eigenvalue weighted by molar-refractivity contribution is 4.67. The summed E-state index contributed by atoms with van der Waals surface area (Å²) in [6.07, 6.45) is 2.55. The molecule has 0 aliphatic carbocycles. The van der Waals surface area contributed by atoms with Crippen molar-refractivity contribution in [3.05, 3.63) is 0 Å². The lowest BCUT2D eigenvalue weighted by Crippen LogP contribution is -2.19. The minimum atomic E-state index is -0.557. The van der Waals surface area contributed by atoms with Gasteiger partial charge in [-0.1, -0.05) is 13.3 Å². The predicted molar refractivity (Wildman–Crippen MR) is 51.0 cm³/mol. The summed E-state index contributed by atoms with van der Waals surface area (Å²) in [5.41, 5.74) is -0.557. The maximum Gasteiger partial charge on any atom is 0.0591 e. The summed E-state index contributed by atoms with van der Waals surface area (Å²) in [6, 6.07) is 0. The Kier molecular flexibility index (Phi) is 4.80. The molecule has 0 aromatic heterocycles. The van der Waals surface area contributed by atoms with Gasteiger partial charge in [-0.3, -0.25) is 0 Å². The Bertz CT molecular complexity index is 113. The summed E-state index contributed by atoms with van der Waals surface area (Å²) >= 11 is 0. The lowest BCUT2D eigenvalue weighted by atomic mass is 9.94. The van der Waals surface area contributed by atoms with E-state index in [1.54, 1.807) is 0 Å². The zero-order valence-corrected chi connectivity index (χ0v) is 8.67. The Hall–Kier alpha value is -0.0800. The van der Waals surface area contributed by atoms with Crippen LogP contribution in [0.1, 0.15) is 47.0 Å². The van der Waals surface area contributed by atoms with Gasteiger partial charge in [-0.25, -0.2) is 0 Å². The summed E-state index contributed by atoms with van der Waals surface area (Å²) in [5, 5.41) is 18.6. The lowest BCUT2D eigenvalue weighted by Gasteiger charge is -2.19. The maximum absolute atomic E-state index is 9.41. The van der Waals surface area contributed by atoms with E-state index in [-0.39, 0.29) is 6.10 Å². The van der Waals surface area contributed by atoms with Crippen molar-refractivity contribution < 1.29 is 10.2 Å². The largest absolute Gasteiger partial charge is 0.393 e. The van der Waals surface area contributed by atoms with Gasteiger partial charge in [0.25, 0.3) is 0 Å². The molecule has 2 unspecified atom stereocenters. The second-order valence-electron chi connectivity index (χ2n) is 4.42. The Morgan fingerprint density at radius 3 is 2.08 bits per heavy atom. The van der Waals surface area contributed by atoms with Gasteiger partial charge >= 0.3 is 0 Å². The SMILES string of the molecule is CC(O)C(C)CCCC(C)(C)O. The van der Waals surface area contributed by atoms with Gasteiger partial charge in [0.2, 0.25) is 0 Å². The van der Waals surface area contributed by atoms with Gasteiger partial charge in [0.1, 0.15) is 0 Å². The average molecular weight is 174 g/mol. The van der Waals surface area contributed by atoms with Crippen LogP contribution >= 0.6 is 0 Å². The van der Waals surface area contributed by atoms with Crippen molar-refractivity contribution in [2.45, 2.75) is 58.7 Å². The minimum absolute atomic E-state index is 0.230. The zero-order valence-electron chi connectivity index (χ0n) is 8.67. The molecule has 0 bridgehead atoms. The van der Waals surface area contributed by atoms with Crippen molar-refractivity contribution >= 4 is 0 Å². The van der Waals surface area contributed by atoms with Crippen LogP contribution in [0.15, 0.2) is 0 Å². The van der Waals surface area contributed by atoms with E-state index >= 15 is 0 Å². The molecule has 2 nitrogen and oxygen atoms in total. The molecule has 0 fully saturated rings. The highest BCUT2D eigenvalue weighted by atomic mass is 16.3. The minimum Gasteiger partial charge on any atom is -0.393 e. The molecule has 0 spiro atoms. The molecule has 0 aliphatic rings. The van der Waals surface area contributed by atoms with E-state index < -0.39 is 5.60 Å². The van der Waals surface area contributed by atoms with Crippen LogP contribution < -0.4 is 0 Å². The molecule has 0 aliphatic heterocycles. The van der Waals surface area contributed by atoms with E-state index in [1.807, 2.05) is 27.7 Å². The summed E-state index contributed by atoms with van der Waals surface area (Å²) in [6.45, 7) is 7.49. The van der Waals surface area contributed by atoms with Crippen LogP contribution in [-0.2, 0) is 0 Å². The maximum atomic E-state index is 9.41. The van der Waals surface area contributed by atoms with Gasteiger partial charge in [0.05, 0.1) is 11.7 Å². The van der Waals surface area contributed by atoms with E-state index in [4.69, 9.17) is 0 Å². The highest BCUT2D eigenvalue weighted by Gasteiger charge is 2.14. The fraction of sp³-hybridized carbons (Fsp3) is 1.00. The molecule has 2 atom stereocenters. The number of rotatable bonds is 5. The fourth-order valence-corrected chi connectivity index (χ4v) is 1.10. The number of aliphatic hydroxyl groups excluding tert-OH is 1. The van der Waals surface area contributed by atoms with Crippen LogP contribution in [0.5, 0.6) is 0 Å². The molecule has 2 N–H and O–H groups in total. The molecule has 2 heteroatoms. The Balaban J connectivity index is 3.44. The van der Waals surface area contributed by atoms with Gasteiger partial charge in [-0.2, -0.15) is 0 Å². The van der Waals surface area contributed by atoms with Crippen molar-refractivity contribution in [2.75, 3.05) is 0 Å². The van der Waals surface area contributed by atoms with Crippen LogP contribution in [-0.4, -0.2) is 21.9 Å². The molecule has 0 amide bonds.